The molecule has 39 heavy (non-hydrogen) atoms. The highest BCUT2D eigenvalue weighted by Gasteiger charge is 2.35. The fourth-order valence-electron chi connectivity index (χ4n) is 4.20. The minimum Gasteiger partial charge on any atom is -0.469 e. The number of esters is 2. The van der Waals surface area contributed by atoms with Crippen LogP contribution in [-0.2, 0) is 36.9 Å². The summed E-state index contributed by atoms with van der Waals surface area (Å²) in [5.74, 6) is -0.638. The average Bonchev–Trinajstić information content (AvgIpc) is 3.64. The van der Waals surface area contributed by atoms with Gasteiger partial charge in [0.1, 0.15) is 0 Å². The maximum atomic E-state index is 11.4. The Morgan fingerprint density at radius 3 is 2.31 bits per heavy atom. The predicted octanol–water partition coefficient (Wildman–Crippen LogP) is 3.09. The fourth-order valence-corrected chi connectivity index (χ4v) is 4.20. The molecule has 2 aliphatic rings. The Morgan fingerprint density at radius 1 is 1.05 bits per heavy atom. The smallest absolute Gasteiger partial charge is 0.377 e. The molecule has 9 nitrogen and oxygen atoms in total. The monoisotopic (exact) mass is 538 g/mol. The molecule has 0 aliphatic carbocycles. The van der Waals surface area contributed by atoms with Crippen molar-refractivity contribution >= 4 is 32.1 Å². The Kier molecular flexibility index (Phi) is 14.6. The van der Waals surface area contributed by atoms with Gasteiger partial charge in [-0.1, -0.05) is 48.5 Å². The van der Waals surface area contributed by atoms with Gasteiger partial charge in [-0.15, -0.1) is 0 Å². The van der Waals surface area contributed by atoms with Crippen molar-refractivity contribution in [3.05, 3.63) is 76.9 Å². The van der Waals surface area contributed by atoms with E-state index in [1.165, 1.54) is 38.7 Å². The number of rotatable bonds is 8. The van der Waals surface area contributed by atoms with Gasteiger partial charge < -0.3 is 34.3 Å². The third-order valence-corrected chi connectivity index (χ3v) is 6.31. The van der Waals surface area contributed by atoms with E-state index in [9.17, 15) is 14.6 Å². The lowest BCUT2D eigenvalue weighted by molar-refractivity contribution is -0.141. The average molecular weight is 538 g/mol. The van der Waals surface area contributed by atoms with Crippen LogP contribution in [0.3, 0.4) is 0 Å². The lowest BCUT2D eigenvalue weighted by Gasteiger charge is -2.24. The summed E-state index contributed by atoms with van der Waals surface area (Å²) in [6, 6.07) is 15.5. The third-order valence-electron chi connectivity index (χ3n) is 6.31. The van der Waals surface area contributed by atoms with Gasteiger partial charge in [-0.3, -0.25) is 4.79 Å². The summed E-state index contributed by atoms with van der Waals surface area (Å²) in [5, 5.41) is 21.8. The molecule has 0 aromatic heterocycles. The van der Waals surface area contributed by atoms with E-state index in [0.717, 1.165) is 29.9 Å². The van der Waals surface area contributed by atoms with Crippen molar-refractivity contribution in [2.75, 3.05) is 27.4 Å². The molecule has 2 aromatic carbocycles. The van der Waals surface area contributed by atoms with Crippen LogP contribution in [0.4, 0.5) is 0 Å². The number of fused-ring (bicyclic) bond motifs is 1. The lowest BCUT2D eigenvalue weighted by Crippen LogP contribution is -2.36. The minimum absolute atomic E-state index is 0.0846. The summed E-state index contributed by atoms with van der Waals surface area (Å²) in [6.07, 6.45) is 5.91. The van der Waals surface area contributed by atoms with Gasteiger partial charge in [-0.25, -0.2) is 4.79 Å². The van der Waals surface area contributed by atoms with Crippen molar-refractivity contribution in [1.82, 2.24) is 10.0 Å². The van der Waals surface area contributed by atoms with E-state index in [2.05, 4.69) is 9.96 Å². The van der Waals surface area contributed by atoms with Crippen molar-refractivity contribution in [3.8, 4) is 0 Å². The molecule has 2 aromatic rings. The largest absolute Gasteiger partial charge is 0.469 e. The van der Waals surface area contributed by atoms with Crippen molar-refractivity contribution < 1.29 is 33.8 Å². The molecule has 2 heterocycles. The first-order valence-electron chi connectivity index (χ1n) is 13.2. The first kappa shape index (κ1) is 32.3. The molecule has 0 saturated carbocycles. The number of methoxy groups -OCH3 is 2. The van der Waals surface area contributed by atoms with E-state index in [4.69, 9.17) is 14.5 Å². The Morgan fingerprint density at radius 2 is 1.72 bits per heavy atom. The van der Waals surface area contributed by atoms with E-state index in [1.807, 2.05) is 53.3 Å². The molecule has 0 radical (unpaired) electrons. The Balaban J connectivity index is 0.000000232. The zero-order valence-corrected chi connectivity index (χ0v) is 23.3. The molecule has 1 unspecified atom stereocenters. The molecule has 1 fully saturated rings. The van der Waals surface area contributed by atoms with Crippen LogP contribution in [0.5, 0.6) is 0 Å². The van der Waals surface area contributed by atoms with E-state index < -0.39 is 14.1 Å². The highest BCUT2D eigenvalue weighted by Crippen LogP contribution is 2.36. The first-order chi connectivity index (χ1) is 18.8. The second-order valence-electron chi connectivity index (χ2n) is 9.23. The van der Waals surface area contributed by atoms with Gasteiger partial charge in [0.25, 0.3) is 0 Å². The quantitative estimate of drug-likeness (QED) is 0.265. The summed E-state index contributed by atoms with van der Waals surface area (Å²) in [6.45, 7) is 6.60. The standard InChI is InChI=1S/2C12H16BNO3.C4H8O/c1-13(16)14-8-9-5-3-4-6-10(9)11(14)7-12(15)17-2;1-13(16)14-9-11-6-4-3-5-10(11)7-8-12(15)17-2;1-2-4-5-3-1/h3-6,11,16H,7-8H2,1-2H3;3-8,14,16H,9H2,1-2H3;1-4H2/b;8-7+;. The first-order valence-corrected chi connectivity index (χ1v) is 13.2. The van der Waals surface area contributed by atoms with Crippen LogP contribution in [0.25, 0.3) is 6.08 Å². The summed E-state index contributed by atoms with van der Waals surface area (Å²) < 4.78 is 14.2. The number of ether oxygens (including phenoxy) is 3. The number of benzene rings is 2. The zero-order chi connectivity index (χ0) is 28.6. The molecule has 1 saturated heterocycles. The molecule has 2 aliphatic heterocycles. The Hall–Kier alpha value is -2.95. The third kappa shape index (κ3) is 11.4. The normalized spacial score (nSPS) is 15.9. The maximum absolute atomic E-state index is 11.4. The molecule has 11 heteroatoms. The van der Waals surface area contributed by atoms with E-state index in [1.54, 1.807) is 19.7 Å². The number of nitrogens with zero attached hydrogens (tertiary/aromatic N) is 1. The van der Waals surface area contributed by atoms with Gasteiger partial charge >= 0.3 is 26.0 Å². The number of carbonyl (C=O) groups excluding carboxylic acids is 2. The Bertz CT molecular complexity index is 1050. The van der Waals surface area contributed by atoms with Gasteiger partial charge in [-0.2, -0.15) is 0 Å². The summed E-state index contributed by atoms with van der Waals surface area (Å²) in [7, 11) is 1.59. The second-order valence-corrected chi connectivity index (χ2v) is 9.23. The SMILES string of the molecule is C1CCOC1.COC(=O)/C=C/c1ccccc1CNB(C)O.COC(=O)CC1c2ccccc2CN1B(C)O. The highest BCUT2D eigenvalue weighted by atomic mass is 16.5. The topological polar surface area (TPSA) is 118 Å². The molecule has 0 amide bonds. The lowest BCUT2D eigenvalue weighted by atomic mass is 9.83. The molecule has 0 bridgehead atoms. The van der Waals surface area contributed by atoms with E-state index in [0.29, 0.717) is 13.1 Å². The zero-order valence-electron chi connectivity index (χ0n) is 23.3. The molecule has 0 spiro atoms. The Labute approximate surface area is 232 Å². The van der Waals surface area contributed by atoms with Gasteiger partial charge in [-0.05, 0) is 54.8 Å². The number of nitrogens with one attached hydrogen (secondary N) is 1. The van der Waals surface area contributed by atoms with Crippen molar-refractivity contribution in [1.29, 1.82) is 0 Å². The van der Waals surface area contributed by atoms with Gasteiger partial charge in [0.15, 0.2) is 0 Å². The summed E-state index contributed by atoms with van der Waals surface area (Å²) >= 11 is 0. The molecule has 210 valence electrons. The highest BCUT2D eigenvalue weighted by molar-refractivity contribution is 6.45. The van der Waals surface area contributed by atoms with Crippen molar-refractivity contribution in [3.63, 3.8) is 0 Å². The number of hydrogen-bond acceptors (Lipinski definition) is 9. The van der Waals surface area contributed by atoms with Crippen molar-refractivity contribution in [2.24, 2.45) is 0 Å². The number of hydrogen-bond donors (Lipinski definition) is 3. The predicted molar refractivity (Wildman–Crippen MR) is 153 cm³/mol. The van der Waals surface area contributed by atoms with Crippen LogP contribution >= 0.6 is 0 Å². The van der Waals surface area contributed by atoms with Crippen LogP contribution in [0.1, 0.15) is 47.6 Å². The summed E-state index contributed by atoms with van der Waals surface area (Å²) in [5.41, 5.74) is 4.21. The van der Waals surface area contributed by atoms with Crippen LogP contribution in [0.15, 0.2) is 54.6 Å². The number of carbonyl (C=O) groups is 2. The van der Waals surface area contributed by atoms with Gasteiger partial charge in [0.05, 0.1) is 20.6 Å². The van der Waals surface area contributed by atoms with E-state index in [-0.39, 0.29) is 24.4 Å². The van der Waals surface area contributed by atoms with E-state index >= 15 is 0 Å². The fraction of sp³-hybridized carbons (Fsp3) is 0.429. The van der Waals surface area contributed by atoms with Crippen LogP contribution in [-0.4, -0.2) is 68.3 Å². The van der Waals surface area contributed by atoms with Crippen LogP contribution in [0, 0.1) is 0 Å². The van der Waals surface area contributed by atoms with Gasteiger partial charge in [0.2, 0.25) is 0 Å². The molecule has 3 N–H and O–H groups in total. The molecular weight excluding hydrogens is 498 g/mol. The van der Waals surface area contributed by atoms with Gasteiger partial charge in [0, 0.05) is 38.4 Å². The second kappa shape index (κ2) is 17.6. The molecular formula is C28H40B2N2O7. The van der Waals surface area contributed by atoms with Crippen molar-refractivity contribution in [2.45, 2.75) is 52.0 Å². The molecule has 4 rings (SSSR count). The molecule has 1 atom stereocenters. The van der Waals surface area contributed by atoms with Crippen LogP contribution in [0.2, 0.25) is 13.6 Å². The minimum atomic E-state index is -0.572. The summed E-state index contributed by atoms with van der Waals surface area (Å²) in [4.78, 5) is 24.3. The maximum Gasteiger partial charge on any atom is 0.377 e. The van der Waals surface area contributed by atoms with Crippen LogP contribution < -0.4 is 5.23 Å².